The van der Waals surface area contributed by atoms with Crippen LogP contribution in [0.15, 0.2) is 18.2 Å². The van der Waals surface area contributed by atoms with Crippen molar-refractivity contribution in [2.24, 2.45) is 0 Å². The van der Waals surface area contributed by atoms with E-state index < -0.39 is 5.82 Å². The zero-order chi connectivity index (χ0) is 11.1. The molecule has 0 unspecified atom stereocenters. The maximum Gasteiger partial charge on any atom is 0.165 e. The molecule has 1 aromatic rings. The van der Waals surface area contributed by atoms with E-state index in [1.165, 1.54) is 12.1 Å². The number of hydrogen-bond donors (Lipinski definition) is 2. The third-order valence-corrected chi connectivity index (χ3v) is 2.02. The van der Waals surface area contributed by atoms with Gasteiger partial charge in [-0.15, -0.1) is 0 Å². The molecule has 4 heteroatoms. The average molecular weight is 214 g/mol. The molecule has 0 spiro atoms. The number of aliphatic hydroxyl groups is 2. The molecule has 1 rings (SSSR count). The summed E-state index contributed by atoms with van der Waals surface area (Å²) >= 11 is 0. The molecular formula is C11H15FO3. The van der Waals surface area contributed by atoms with E-state index in [0.29, 0.717) is 25.0 Å². The van der Waals surface area contributed by atoms with Crippen molar-refractivity contribution in [2.75, 3.05) is 13.2 Å². The lowest BCUT2D eigenvalue weighted by molar-refractivity contribution is 0.236. The molecule has 0 aliphatic rings. The predicted octanol–water partition coefficient (Wildman–Crippen LogP) is 1.47. The Hall–Kier alpha value is -1.13. The van der Waals surface area contributed by atoms with E-state index in [-0.39, 0.29) is 19.0 Å². The number of rotatable bonds is 6. The maximum absolute atomic E-state index is 13.3. The first-order chi connectivity index (χ1) is 7.29. The summed E-state index contributed by atoms with van der Waals surface area (Å²) in [5.41, 5.74) is 0.444. The highest BCUT2D eigenvalue weighted by atomic mass is 19.1. The number of halogens is 1. The molecule has 0 radical (unpaired) electrons. The standard InChI is InChI=1S/C11H15FO3/c12-10-5-3-4-9(8-14)11(10)15-7-2-1-6-13/h3-5,13-14H,1-2,6-8H2. The first-order valence-corrected chi connectivity index (χ1v) is 4.91. The van der Waals surface area contributed by atoms with E-state index in [1.54, 1.807) is 6.07 Å². The molecule has 0 bridgehead atoms. The van der Waals surface area contributed by atoms with Gasteiger partial charge in [0.15, 0.2) is 11.6 Å². The van der Waals surface area contributed by atoms with Gasteiger partial charge in [0, 0.05) is 12.2 Å². The van der Waals surface area contributed by atoms with Crippen LogP contribution in [-0.4, -0.2) is 23.4 Å². The second-order valence-electron chi connectivity index (χ2n) is 3.17. The van der Waals surface area contributed by atoms with Gasteiger partial charge in [-0.2, -0.15) is 0 Å². The Kier molecular flexibility index (Phi) is 5.07. The van der Waals surface area contributed by atoms with Crippen molar-refractivity contribution in [1.82, 2.24) is 0 Å². The molecule has 3 nitrogen and oxygen atoms in total. The van der Waals surface area contributed by atoms with E-state index in [1.807, 2.05) is 0 Å². The minimum atomic E-state index is -0.467. The van der Waals surface area contributed by atoms with Gasteiger partial charge >= 0.3 is 0 Å². The summed E-state index contributed by atoms with van der Waals surface area (Å²) in [6.07, 6.45) is 1.29. The van der Waals surface area contributed by atoms with Gasteiger partial charge < -0.3 is 14.9 Å². The highest BCUT2D eigenvalue weighted by Gasteiger charge is 2.08. The Bertz CT molecular complexity index is 302. The number of unbranched alkanes of at least 4 members (excludes halogenated alkanes) is 1. The fraction of sp³-hybridized carbons (Fsp3) is 0.455. The van der Waals surface area contributed by atoms with Gasteiger partial charge in [0.2, 0.25) is 0 Å². The van der Waals surface area contributed by atoms with Crippen LogP contribution < -0.4 is 4.74 Å². The summed E-state index contributed by atoms with van der Waals surface area (Å²) in [4.78, 5) is 0. The van der Waals surface area contributed by atoms with Crippen molar-refractivity contribution in [3.05, 3.63) is 29.6 Å². The summed E-state index contributed by atoms with van der Waals surface area (Å²) in [5, 5.41) is 17.5. The van der Waals surface area contributed by atoms with Crippen LogP contribution in [-0.2, 0) is 6.61 Å². The molecule has 0 saturated heterocycles. The Morgan fingerprint density at radius 3 is 2.67 bits per heavy atom. The van der Waals surface area contributed by atoms with Gasteiger partial charge in [0.1, 0.15) is 0 Å². The molecule has 84 valence electrons. The highest BCUT2D eigenvalue weighted by Crippen LogP contribution is 2.22. The Morgan fingerprint density at radius 1 is 1.20 bits per heavy atom. The highest BCUT2D eigenvalue weighted by molar-refractivity contribution is 5.34. The third-order valence-electron chi connectivity index (χ3n) is 2.02. The molecule has 15 heavy (non-hydrogen) atoms. The molecule has 0 aromatic heterocycles. The number of benzene rings is 1. The van der Waals surface area contributed by atoms with Crippen LogP contribution in [0.3, 0.4) is 0 Å². The second-order valence-corrected chi connectivity index (χ2v) is 3.17. The van der Waals surface area contributed by atoms with Crippen molar-refractivity contribution >= 4 is 0 Å². The summed E-state index contributed by atoms with van der Waals surface area (Å²) in [5.74, 6) is -0.358. The van der Waals surface area contributed by atoms with E-state index in [9.17, 15) is 4.39 Å². The van der Waals surface area contributed by atoms with Crippen molar-refractivity contribution in [1.29, 1.82) is 0 Å². The number of hydrogen-bond acceptors (Lipinski definition) is 3. The van der Waals surface area contributed by atoms with Crippen LogP contribution in [0.1, 0.15) is 18.4 Å². The minimum Gasteiger partial charge on any atom is -0.490 e. The first-order valence-electron chi connectivity index (χ1n) is 4.91. The molecule has 2 N–H and O–H groups in total. The van der Waals surface area contributed by atoms with Crippen molar-refractivity contribution < 1.29 is 19.3 Å². The van der Waals surface area contributed by atoms with Crippen molar-refractivity contribution in [3.63, 3.8) is 0 Å². The summed E-state index contributed by atoms with van der Waals surface area (Å²) in [6.45, 7) is 0.203. The van der Waals surface area contributed by atoms with E-state index >= 15 is 0 Å². The Labute approximate surface area is 88.1 Å². The second kappa shape index (κ2) is 6.37. The fourth-order valence-electron chi connectivity index (χ4n) is 1.23. The van der Waals surface area contributed by atoms with E-state index in [2.05, 4.69) is 0 Å². The number of ether oxygens (including phenoxy) is 1. The average Bonchev–Trinajstić information content (AvgIpc) is 2.26. The molecule has 1 aromatic carbocycles. The van der Waals surface area contributed by atoms with Crippen LogP contribution in [0.4, 0.5) is 4.39 Å². The van der Waals surface area contributed by atoms with Crippen LogP contribution >= 0.6 is 0 Å². The van der Waals surface area contributed by atoms with Gasteiger partial charge in [0.25, 0.3) is 0 Å². The predicted molar refractivity (Wildman–Crippen MR) is 54.1 cm³/mol. The van der Waals surface area contributed by atoms with Gasteiger partial charge in [-0.05, 0) is 18.9 Å². The van der Waals surface area contributed by atoms with Crippen LogP contribution in [0.2, 0.25) is 0 Å². The van der Waals surface area contributed by atoms with Crippen molar-refractivity contribution in [3.8, 4) is 5.75 Å². The van der Waals surface area contributed by atoms with E-state index in [4.69, 9.17) is 14.9 Å². The molecule has 0 fully saturated rings. The first kappa shape index (κ1) is 11.9. The summed E-state index contributed by atoms with van der Waals surface area (Å²) in [7, 11) is 0. The van der Waals surface area contributed by atoms with Gasteiger partial charge in [0.05, 0.1) is 13.2 Å². The van der Waals surface area contributed by atoms with Gasteiger partial charge in [-0.3, -0.25) is 0 Å². The molecule has 0 saturated carbocycles. The zero-order valence-electron chi connectivity index (χ0n) is 8.45. The largest absolute Gasteiger partial charge is 0.490 e. The fourth-order valence-corrected chi connectivity index (χ4v) is 1.23. The van der Waals surface area contributed by atoms with Crippen LogP contribution in [0, 0.1) is 5.82 Å². The van der Waals surface area contributed by atoms with E-state index in [0.717, 1.165) is 0 Å². The quantitative estimate of drug-likeness (QED) is 0.705. The monoisotopic (exact) mass is 214 g/mol. The normalized spacial score (nSPS) is 10.3. The zero-order valence-corrected chi connectivity index (χ0v) is 8.45. The topological polar surface area (TPSA) is 49.7 Å². The Balaban J connectivity index is 2.58. The molecule has 0 heterocycles. The number of para-hydroxylation sites is 1. The lowest BCUT2D eigenvalue weighted by Gasteiger charge is -2.10. The smallest absolute Gasteiger partial charge is 0.165 e. The van der Waals surface area contributed by atoms with Crippen LogP contribution in [0.25, 0.3) is 0 Å². The number of aliphatic hydroxyl groups excluding tert-OH is 2. The molecule has 0 atom stereocenters. The summed E-state index contributed by atoms with van der Waals surface area (Å²) < 4.78 is 18.5. The molecular weight excluding hydrogens is 199 g/mol. The molecule has 0 amide bonds. The third kappa shape index (κ3) is 3.49. The van der Waals surface area contributed by atoms with Gasteiger partial charge in [-0.25, -0.2) is 4.39 Å². The lowest BCUT2D eigenvalue weighted by atomic mass is 10.2. The van der Waals surface area contributed by atoms with Gasteiger partial charge in [-0.1, -0.05) is 12.1 Å². The van der Waals surface area contributed by atoms with Crippen LogP contribution in [0.5, 0.6) is 5.75 Å². The maximum atomic E-state index is 13.3. The SMILES string of the molecule is OCCCCOc1c(F)cccc1CO. The van der Waals surface area contributed by atoms with Crippen molar-refractivity contribution in [2.45, 2.75) is 19.4 Å². The Morgan fingerprint density at radius 2 is 2.00 bits per heavy atom. The minimum absolute atomic E-state index is 0.105. The molecule has 0 aliphatic carbocycles. The summed E-state index contributed by atoms with van der Waals surface area (Å²) in [6, 6.07) is 4.44. The molecule has 0 aliphatic heterocycles. The lowest BCUT2D eigenvalue weighted by Crippen LogP contribution is -2.03.